The van der Waals surface area contributed by atoms with Crippen LogP contribution in [0.4, 0.5) is 8.78 Å². The maximum absolute atomic E-state index is 12.3. The van der Waals surface area contributed by atoms with Crippen LogP contribution in [0.15, 0.2) is 12.1 Å². The molecule has 0 saturated carbocycles. The number of esters is 1. The lowest BCUT2D eigenvalue weighted by Gasteiger charge is -2.12. The Labute approximate surface area is 109 Å². The molecule has 102 valence electrons. The van der Waals surface area contributed by atoms with Crippen molar-refractivity contribution in [2.24, 2.45) is 0 Å². The molecule has 0 aliphatic carbocycles. The summed E-state index contributed by atoms with van der Waals surface area (Å²) in [7, 11) is 1.21. The molecule has 0 atom stereocenters. The average molecular weight is 269 g/mol. The van der Waals surface area contributed by atoms with E-state index in [1.54, 1.807) is 6.92 Å². The third-order valence-corrected chi connectivity index (χ3v) is 2.57. The van der Waals surface area contributed by atoms with Crippen molar-refractivity contribution in [1.82, 2.24) is 0 Å². The van der Waals surface area contributed by atoms with Crippen LogP contribution in [0.3, 0.4) is 0 Å². The number of nitriles is 1. The van der Waals surface area contributed by atoms with Crippen molar-refractivity contribution >= 4 is 5.97 Å². The van der Waals surface area contributed by atoms with Crippen molar-refractivity contribution in [2.75, 3.05) is 7.11 Å². The predicted octanol–water partition coefficient (Wildman–Crippen LogP) is 2.44. The van der Waals surface area contributed by atoms with Gasteiger partial charge in [0.25, 0.3) is 0 Å². The summed E-state index contributed by atoms with van der Waals surface area (Å²) in [6.07, 6.45) is 0.276. The Morgan fingerprint density at radius 1 is 1.42 bits per heavy atom. The van der Waals surface area contributed by atoms with Gasteiger partial charge in [0, 0.05) is 0 Å². The fourth-order valence-electron chi connectivity index (χ4n) is 1.63. The second kappa shape index (κ2) is 6.69. The van der Waals surface area contributed by atoms with Crippen LogP contribution >= 0.6 is 0 Å². The van der Waals surface area contributed by atoms with E-state index in [9.17, 15) is 13.6 Å². The first kappa shape index (κ1) is 14.9. The van der Waals surface area contributed by atoms with Gasteiger partial charge in [0.05, 0.1) is 25.2 Å². The van der Waals surface area contributed by atoms with E-state index in [0.29, 0.717) is 17.5 Å². The van der Waals surface area contributed by atoms with Crippen LogP contribution in [0.2, 0.25) is 0 Å². The highest BCUT2D eigenvalue weighted by molar-refractivity contribution is 5.74. The first-order valence-corrected chi connectivity index (χ1v) is 5.59. The van der Waals surface area contributed by atoms with Crippen LogP contribution in [0, 0.1) is 11.3 Å². The van der Waals surface area contributed by atoms with Crippen LogP contribution < -0.4 is 4.74 Å². The lowest BCUT2D eigenvalue weighted by Crippen LogP contribution is -2.09. The Balaban J connectivity index is 3.21. The summed E-state index contributed by atoms with van der Waals surface area (Å²) in [6.45, 7) is -1.20. The van der Waals surface area contributed by atoms with Crippen LogP contribution in [-0.4, -0.2) is 19.7 Å². The number of rotatable bonds is 5. The maximum atomic E-state index is 12.3. The molecule has 0 heterocycles. The lowest BCUT2D eigenvalue weighted by molar-refractivity contribution is -0.139. The molecule has 0 spiro atoms. The van der Waals surface area contributed by atoms with E-state index < -0.39 is 12.6 Å². The van der Waals surface area contributed by atoms with E-state index in [2.05, 4.69) is 9.47 Å². The number of carbonyl (C=O) groups is 1. The Kier molecular flexibility index (Phi) is 5.24. The van der Waals surface area contributed by atoms with Crippen molar-refractivity contribution in [3.05, 3.63) is 28.8 Å². The lowest BCUT2D eigenvalue weighted by atomic mass is 10.00. The van der Waals surface area contributed by atoms with Crippen molar-refractivity contribution in [2.45, 2.75) is 26.4 Å². The monoisotopic (exact) mass is 269 g/mol. The van der Waals surface area contributed by atoms with Gasteiger partial charge in [-0.15, -0.1) is 0 Å². The minimum Gasteiger partial charge on any atom is -0.469 e. The molecule has 1 rings (SSSR count). The highest BCUT2D eigenvalue weighted by Gasteiger charge is 2.15. The van der Waals surface area contributed by atoms with Crippen LogP contribution in [0.1, 0.15) is 23.6 Å². The second-order valence-corrected chi connectivity index (χ2v) is 3.71. The van der Waals surface area contributed by atoms with Crippen molar-refractivity contribution in [3.8, 4) is 11.8 Å². The average Bonchev–Trinajstić information content (AvgIpc) is 2.38. The minimum atomic E-state index is -2.95. The predicted molar refractivity (Wildman–Crippen MR) is 62.9 cm³/mol. The fourth-order valence-corrected chi connectivity index (χ4v) is 1.63. The Hall–Kier alpha value is -2.16. The molecule has 1 aromatic carbocycles. The van der Waals surface area contributed by atoms with Crippen molar-refractivity contribution < 1.29 is 23.0 Å². The number of benzene rings is 1. The maximum Gasteiger partial charge on any atom is 0.387 e. The Bertz CT molecular complexity index is 509. The molecule has 0 radical (unpaired) electrons. The number of ether oxygens (including phenoxy) is 2. The molecular weight excluding hydrogens is 256 g/mol. The smallest absolute Gasteiger partial charge is 0.387 e. The van der Waals surface area contributed by atoms with Gasteiger partial charge < -0.3 is 9.47 Å². The summed E-state index contributed by atoms with van der Waals surface area (Å²) < 4.78 is 33.5. The van der Waals surface area contributed by atoms with Crippen molar-refractivity contribution in [3.63, 3.8) is 0 Å². The van der Waals surface area contributed by atoms with Crippen molar-refractivity contribution in [1.29, 1.82) is 5.26 Å². The standard InChI is InChI=1S/C13H13F2NO3/c1-3-8-4-10(7-16)9(6-12(17)18-2)5-11(8)19-13(14)15/h4-5,13H,3,6H2,1-2H3. The zero-order valence-corrected chi connectivity index (χ0v) is 10.6. The molecule has 0 aromatic heterocycles. The van der Waals surface area contributed by atoms with E-state index in [1.165, 1.54) is 19.2 Å². The number of hydrogen-bond acceptors (Lipinski definition) is 4. The summed E-state index contributed by atoms with van der Waals surface area (Å²) in [6, 6.07) is 4.68. The van der Waals surface area contributed by atoms with E-state index >= 15 is 0 Å². The Morgan fingerprint density at radius 2 is 2.11 bits per heavy atom. The van der Waals surface area contributed by atoms with E-state index in [0.717, 1.165) is 0 Å². The van der Waals surface area contributed by atoms with Gasteiger partial charge in [-0.05, 0) is 29.7 Å². The molecule has 1 aromatic rings. The van der Waals surface area contributed by atoms with E-state index in [1.807, 2.05) is 6.07 Å². The Morgan fingerprint density at radius 3 is 2.58 bits per heavy atom. The molecule has 6 heteroatoms. The minimum absolute atomic E-state index is 0.0181. The van der Waals surface area contributed by atoms with Crippen LogP contribution in [0.5, 0.6) is 5.75 Å². The van der Waals surface area contributed by atoms with Gasteiger partial charge in [0.15, 0.2) is 0 Å². The molecule has 0 N–H and O–H groups in total. The third-order valence-electron chi connectivity index (χ3n) is 2.57. The molecule has 0 fully saturated rings. The fraction of sp³-hybridized carbons (Fsp3) is 0.385. The number of nitrogens with zero attached hydrogens (tertiary/aromatic N) is 1. The number of halogens is 2. The molecule has 0 unspecified atom stereocenters. The SMILES string of the molecule is CCc1cc(C#N)c(CC(=O)OC)cc1OC(F)F. The zero-order chi connectivity index (χ0) is 14.4. The summed E-state index contributed by atoms with van der Waals surface area (Å²) >= 11 is 0. The van der Waals surface area contributed by atoms with Gasteiger partial charge in [-0.1, -0.05) is 6.92 Å². The quantitative estimate of drug-likeness (QED) is 0.770. The summed E-state index contributed by atoms with van der Waals surface area (Å²) in [5.74, 6) is -0.570. The van der Waals surface area contributed by atoms with Gasteiger partial charge in [-0.25, -0.2) is 0 Å². The number of methoxy groups -OCH3 is 1. The van der Waals surface area contributed by atoms with Gasteiger partial charge in [-0.2, -0.15) is 14.0 Å². The molecule has 0 aliphatic heterocycles. The zero-order valence-electron chi connectivity index (χ0n) is 10.6. The van der Waals surface area contributed by atoms with Crippen LogP contribution in [0.25, 0.3) is 0 Å². The molecule has 4 nitrogen and oxygen atoms in total. The molecular formula is C13H13F2NO3. The topological polar surface area (TPSA) is 59.3 Å². The van der Waals surface area contributed by atoms with Gasteiger partial charge in [0.1, 0.15) is 5.75 Å². The first-order valence-electron chi connectivity index (χ1n) is 5.59. The number of aryl methyl sites for hydroxylation is 1. The molecule has 0 bridgehead atoms. The largest absolute Gasteiger partial charge is 0.469 e. The second-order valence-electron chi connectivity index (χ2n) is 3.71. The first-order chi connectivity index (χ1) is 9.01. The molecule has 0 aliphatic rings. The highest BCUT2D eigenvalue weighted by Crippen LogP contribution is 2.26. The highest BCUT2D eigenvalue weighted by atomic mass is 19.3. The van der Waals surface area contributed by atoms with E-state index in [4.69, 9.17) is 5.26 Å². The van der Waals surface area contributed by atoms with Gasteiger partial charge in [-0.3, -0.25) is 4.79 Å². The summed E-state index contributed by atoms with van der Waals surface area (Å²) in [5, 5.41) is 9.01. The number of carbonyl (C=O) groups excluding carboxylic acids is 1. The van der Waals surface area contributed by atoms with Gasteiger partial charge >= 0.3 is 12.6 Å². The molecule has 0 saturated heterocycles. The summed E-state index contributed by atoms with van der Waals surface area (Å²) in [5.41, 5.74) is 1.05. The van der Waals surface area contributed by atoms with Crippen LogP contribution in [-0.2, 0) is 22.4 Å². The summed E-state index contributed by atoms with van der Waals surface area (Å²) in [4.78, 5) is 11.2. The number of hydrogen-bond donors (Lipinski definition) is 0. The van der Waals surface area contributed by atoms with E-state index in [-0.39, 0.29) is 17.7 Å². The normalized spacial score (nSPS) is 10.1. The van der Waals surface area contributed by atoms with Gasteiger partial charge in [0.2, 0.25) is 0 Å². The molecule has 0 amide bonds. The molecule has 19 heavy (non-hydrogen) atoms. The third kappa shape index (κ3) is 3.91. The number of alkyl halides is 2.